The largest absolute Gasteiger partial charge is 0.493 e. The average molecular weight is 428 g/mol. The van der Waals surface area contributed by atoms with Crippen molar-refractivity contribution in [2.45, 2.75) is 38.8 Å². The quantitative estimate of drug-likeness (QED) is 0.295. The summed E-state index contributed by atoms with van der Waals surface area (Å²) in [7, 11) is -1.07. The molecule has 152 valence electrons. The first kappa shape index (κ1) is 20.1. The molecule has 0 fully saturated rings. The van der Waals surface area contributed by atoms with Crippen molar-refractivity contribution in [1.82, 2.24) is 14.8 Å². The van der Waals surface area contributed by atoms with Crippen molar-refractivity contribution in [3.63, 3.8) is 0 Å². The molecule has 1 aliphatic rings. The van der Waals surface area contributed by atoms with Gasteiger partial charge in [-0.25, -0.2) is 9.67 Å². The molecule has 1 aromatic carbocycles. The number of rotatable bonds is 6. The molecule has 1 aliphatic heterocycles. The van der Waals surface area contributed by atoms with E-state index in [1.165, 1.54) is 0 Å². The fraction of sp³-hybridized carbons (Fsp3) is 0.364. The monoisotopic (exact) mass is 427 g/mol. The number of aromatic nitrogens is 3. The fourth-order valence-electron chi connectivity index (χ4n) is 3.33. The molecule has 0 radical (unpaired) electrons. The van der Waals surface area contributed by atoms with E-state index in [4.69, 9.17) is 21.1 Å². The molecule has 0 unspecified atom stereocenters. The van der Waals surface area contributed by atoms with Crippen molar-refractivity contribution in [1.29, 1.82) is 0 Å². The molecule has 7 heteroatoms. The Kier molecular flexibility index (Phi) is 5.76. The first-order chi connectivity index (χ1) is 13.9. The number of benzene rings is 1. The Bertz CT molecular complexity index is 1010. The third-order valence-electron chi connectivity index (χ3n) is 4.99. The molecule has 0 N–H and O–H groups in total. The molecule has 0 bridgehead atoms. The lowest BCUT2D eigenvalue weighted by Crippen LogP contribution is -2.22. The Morgan fingerprint density at radius 2 is 1.97 bits per heavy atom. The van der Waals surface area contributed by atoms with Crippen LogP contribution in [0.15, 0.2) is 42.7 Å². The number of fused-ring (bicyclic) bond motifs is 3. The standard InChI is InChI=1S/C22H26ClN3O2Si/c1-29(2,3)11-10-27-15-26-14-17(13-24-26)16-4-5-19-18-6-7-22(23)25-20(18)8-9-28-21(19)12-16/h4-7,12-14H,8-11,15H2,1-3H3. The molecule has 0 aliphatic carbocycles. The van der Waals surface area contributed by atoms with Crippen LogP contribution in [0.3, 0.4) is 0 Å². The number of nitrogens with zero attached hydrogens (tertiary/aromatic N) is 3. The van der Waals surface area contributed by atoms with Crippen molar-refractivity contribution in [3.05, 3.63) is 53.6 Å². The van der Waals surface area contributed by atoms with Crippen molar-refractivity contribution >= 4 is 19.7 Å². The van der Waals surface area contributed by atoms with Crippen LogP contribution in [0.1, 0.15) is 5.69 Å². The molecule has 5 nitrogen and oxygen atoms in total. The van der Waals surface area contributed by atoms with E-state index in [0.717, 1.165) is 52.8 Å². The first-order valence-corrected chi connectivity index (χ1v) is 14.0. The minimum absolute atomic E-state index is 0.478. The van der Waals surface area contributed by atoms with Crippen LogP contribution in [-0.4, -0.2) is 36.1 Å². The van der Waals surface area contributed by atoms with Crippen LogP contribution in [0.2, 0.25) is 30.8 Å². The zero-order chi connectivity index (χ0) is 20.4. The van der Waals surface area contributed by atoms with E-state index in [-0.39, 0.29) is 0 Å². The fourth-order valence-corrected chi connectivity index (χ4v) is 4.25. The lowest BCUT2D eigenvalue weighted by Gasteiger charge is -2.15. The molecular weight excluding hydrogens is 402 g/mol. The van der Waals surface area contributed by atoms with Gasteiger partial charge in [0.1, 0.15) is 17.6 Å². The summed E-state index contributed by atoms with van der Waals surface area (Å²) in [6.45, 7) is 8.91. The predicted octanol–water partition coefficient (Wildman–Crippen LogP) is 5.51. The van der Waals surface area contributed by atoms with E-state index in [1.807, 2.05) is 29.2 Å². The van der Waals surface area contributed by atoms with Gasteiger partial charge in [-0.1, -0.05) is 37.3 Å². The van der Waals surface area contributed by atoms with Gasteiger partial charge in [-0.2, -0.15) is 5.10 Å². The van der Waals surface area contributed by atoms with Crippen molar-refractivity contribution in [2.24, 2.45) is 0 Å². The van der Waals surface area contributed by atoms with Crippen molar-refractivity contribution in [2.75, 3.05) is 13.2 Å². The Morgan fingerprint density at radius 1 is 1.14 bits per heavy atom. The van der Waals surface area contributed by atoms with Gasteiger partial charge in [0.25, 0.3) is 0 Å². The molecule has 0 saturated carbocycles. The highest BCUT2D eigenvalue weighted by molar-refractivity contribution is 6.76. The van der Waals surface area contributed by atoms with Gasteiger partial charge < -0.3 is 9.47 Å². The number of pyridine rings is 1. The summed E-state index contributed by atoms with van der Waals surface area (Å²) in [5.74, 6) is 0.865. The van der Waals surface area contributed by atoms with E-state index in [9.17, 15) is 0 Å². The molecule has 2 aromatic heterocycles. The smallest absolute Gasteiger partial charge is 0.139 e. The Hall–Kier alpha value is -2.15. The van der Waals surface area contributed by atoms with Gasteiger partial charge in [0, 0.05) is 44.0 Å². The number of halogens is 1. The summed E-state index contributed by atoms with van der Waals surface area (Å²) < 4.78 is 13.7. The van der Waals surface area contributed by atoms with Crippen LogP contribution in [0.4, 0.5) is 0 Å². The lowest BCUT2D eigenvalue weighted by atomic mass is 9.99. The Morgan fingerprint density at radius 3 is 2.79 bits per heavy atom. The molecule has 0 saturated heterocycles. The van der Waals surface area contributed by atoms with Crippen LogP contribution in [-0.2, 0) is 17.9 Å². The zero-order valence-corrected chi connectivity index (χ0v) is 18.9. The van der Waals surface area contributed by atoms with Gasteiger partial charge in [0.2, 0.25) is 0 Å². The van der Waals surface area contributed by atoms with Gasteiger partial charge in [-0.15, -0.1) is 0 Å². The zero-order valence-electron chi connectivity index (χ0n) is 17.1. The molecule has 29 heavy (non-hydrogen) atoms. The van der Waals surface area contributed by atoms with Crippen molar-refractivity contribution < 1.29 is 9.47 Å². The molecule has 0 atom stereocenters. The van der Waals surface area contributed by atoms with Crippen LogP contribution < -0.4 is 4.74 Å². The second-order valence-corrected chi connectivity index (χ2v) is 14.6. The molecule has 0 amide bonds. The minimum Gasteiger partial charge on any atom is -0.493 e. The summed E-state index contributed by atoms with van der Waals surface area (Å²) in [6, 6.07) is 11.3. The van der Waals surface area contributed by atoms with Crippen LogP contribution >= 0.6 is 11.6 Å². The van der Waals surface area contributed by atoms with Gasteiger partial charge in [-0.05, 0) is 35.9 Å². The van der Waals surface area contributed by atoms with Crippen LogP contribution in [0.25, 0.3) is 22.3 Å². The summed E-state index contributed by atoms with van der Waals surface area (Å²) in [6.07, 6.45) is 4.63. The summed E-state index contributed by atoms with van der Waals surface area (Å²) in [5, 5.41) is 4.96. The van der Waals surface area contributed by atoms with E-state index >= 15 is 0 Å². The van der Waals surface area contributed by atoms with Gasteiger partial charge >= 0.3 is 0 Å². The maximum absolute atomic E-state index is 6.06. The third-order valence-corrected chi connectivity index (χ3v) is 6.91. The minimum atomic E-state index is -1.07. The van der Waals surface area contributed by atoms with Gasteiger partial charge in [-0.3, -0.25) is 0 Å². The van der Waals surface area contributed by atoms with Gasteiger partial charge in [0.15, 0.2) is 0 Å². The van der Waals surface area contributed by atoms with E-state index < -0.39 is 8.07 Å². The summed E-state index contributed by atoms with van der Waals surface area (Å²) >= 11 is 6.06. The molecule has 0 spiro atoms. The van der Waals surface area contributed by atoms with Crippen molar-refractivity contribution in [3.8, 4) is 28.0 Å². The maximum atomic E-state index is 6.06. The molecular formula is C22H26ClN3O2Si. The second-order valence-electron chi connectivity index (χ2n) is 8.55. The Balaban J connectivity index is 1.51. The summed E-state index contributed by atoms with van der Waals surface area (Å²) in [5.41, 5.74) is 5.23. The third kappa shape index (κ3) is 4.89. The average Bonchev–Trinajstić information content (AvgIpc) is 3.06. The van der Waals surface area contributed by atoms with E-state index in [2.05, 4.69) is 47.9 Å². The normalized spacial score (nSPS) is 13.4. The maximum Gasteiger partial charge on any atom is 0.139 e. The molecule has 4 rings (SSSR count). The topological polar surface area (TPSA) is 49.2 Å². The van der Waals surface area contributed by atoms with E-state index in [0.29, 0.717) is 18.5 Å². The molecule has 3 aromatic rings. The number of hydrogen-bond acceptors (Lipinski definition) is 4. The second kappa shape index (κ2) is 8.30. The number of ether oxygens (including phenoxy) is 2. The predicted molar refractivity (Wildman–Crippen MR) is 119 cm³/mol. The van der Waals surface area contributed by atoms with Crippen LogP contribution in [0, 0.1) is 0 Å². The van der Waals surface area contributed by atoms with Crippen LogP contribution in [0.5, 0.6) is 5.75 Å². The summed E-state index contributed by atoms with van der Waals surface area (Å²) in [4.78, 5) is 4.47. The highest BCUT2D eigenvalue weighted by Gasteiger charge is 2.18. The first-order valence-electron chi connectivity index (χ1n) is 9.92. The highest BCUT2D eigenvalue weighted by atomic mass is 35.5. The van der Waals surface area contributed by atoms with E-state index in [1.54, 1.807) is 0 Å². The molecule has 3 heterocycles. The van der Waals surface area contributed by atoms with Gasteiger partial charge in [0.05, 0.1) is 18.5 Å². The lowest BCUT2D eigenvalue weighted by molar-refractivity contribution is 0.0786. The highest BCUT2D eigenvalue weighted by Crippen LogP contribution is 2.38. The Labute approximate surface area is 177 Å². The number of hydrogen-bond donors (Lipinski definition) is 0. The SMILES string of the molecule is C[Si](C)(C)CCOCn1cc(-c2ccc3c(c2)OCCc2nc(Cl)ccc2-3)cn1.